The van der Waals surface area contributed by atoms with Gasteiger partial charge in [0, 0.05) is 65.3 Å². The van der Waals surface area contributed by atoms with Crippen molar-refractivity contribution in [3.8, 4) is 0 Å². The zero-order valence-corrected chi connectivity index (χ0v) is 34.5. The molecule has 2 atom stereocenters. The van der Waals surface area contributed by atoms with Crippen LogP contribution < -0.4 is 16.0 Å². The highest BCUT2D eigenvalue weighted by molar-refractivity contribution is 7.18. The Hall–Kier alpha value is -4.83. The largest absolute Gasteiger partial charge is 0.386 e. The molecule has 59 heavy (non-hydrogen) atoms. The average Bonchev–Trinajstić information content (AvgIpc) is 3.72. The van der Waals surface area contributed by atoms with Crippen LogP contribution in [0.4, 0.5) is 15.8 Å². The quantitative estimate of drug-likeness (QED) is 0.107. The smallest absolute Gasteiger partial charge is 0.274 e. The van der Waals surface area contributed by atoms with Crippen LogP contribution in [0, 0.1) is 24.6 Å². The Morgan fingerprint density at radius 1 is 0.983 bits per heavy atom. The highest BCUT2D eigenvalue weighted by Gasteiger charge is 2.45. The molecule has 5 heterocycles. The van der Waals surface area contributed by atoms with E-state index in [-0.39, 0.29) is 24.4 Å². The van der Waals surface area contributed by atoms with Gasteiger partial charge in [-0.2, -0.15) is 0 Å². The Morgan fingerprint density at radius 2 is 1.75 bits per heavy atom. The van der Waals surface area contributed by atoms with Crippen LogP contribution in [0.1, 0.15) is 126 Å². The fraction of sp³-hybridized carbons (Fsp3) is 0.500. The van der Waals surface area contributed by atoms with Crippen molar-refractivity contribution < 1.29 is 33.8 Å². The maximum Gasteiger partial charge on any atom is 0.274 e. The van der Waals surface area contributed by atoms with E-state index in [1.807, 2.05) is 18.2 Å². The Morgan fingerprint density at radius 3 is 2.46 bits per heavy atom. The van der Waals surface area contributed by atoms with Gasteiger partial charge in [0.15, 0.2) is 6.23 Å². The molecule has 5 N–H and O–H groups in total. The zero-order chi connectivity index (χ0) is 41.6. The number of imide groups is 1. The van der Waals surface area contributed by atoms with Crippen LogP contribution in [0.2, 0.25) is 0 Å². The number of aliphatic hydroxyl groups excluding tert-OH is 1. The van der Waals surface area contributed by atoms with Gasteiger partial charge >= 0.3 is 0 Å². The summed E-state index contributed by atoms with van der Waals surface area (Å²) in [6.07, 6.45) is 6.66. The Bertz CT molecular complexity index is 2260. The monoisotopic (exact) mass is 825 g/mol. The maximum atomic E-state index is 14.0. The molecule has 2 aromatic heterocycles. The minimum atomic E-state index is -1.26. The lowest BCUT2D eigenvalue weighted by Crippen LogP contribution is -2.53. The molecule has 15 heteroatoms. The maximum absolute atomic E-state index is 14.0. The number of piperidine rings is 2. The topological polar surface area (TPSA) is 177 Å². The van der Waals surface area contributed by atoms with Gasteiger partial charge in [0.05, 0.1) is 20.8 Å². The molecule has 2 unspecified atom stereocenters. The number of anilines is 2. The summed E-state index contributed by atoms with van der Waals surface area (Å²) in [6.45, 7) is 8.89. The van der Waals surface area contributed by atoms with E-state index in [9.17, 15) is 33.8 Å². The number of hydrogen-bond acceptors (Lipinski definition) is 11. The number of hydrogen-bond donors (Lipinski definition) is 5. The lowest BCUT2D eigenvalue weighted by Gasteiger charge is -2.36. The molecule has 1 saturated carbocycles. The van der Waals surface area contributed by atoms with Gasteiger partial charge in [-0.05, 0) is 127 Å². The molecule has 3 fully saturated rings. The van der Waals surface area contributed by atoms with Crippen LogP contribution in [0.25, 0.3) is 10.2 Å². The number of halogens is 1. The van der Waals surface area contributed by atoms with Gasteiger partial charge in [0.25, 0.3) is 11.8 Å². The van der Waals surface area contributed by atoms with Crippen molar-refractivity contribution >= 4 is 56.6 Å². The number of amides is 4. The van der Waals surface area contributed by atoms with E-state index in [0.717, 1.165) is 85.9 Å². The first-order valence-corrected chi connectivity index (χ1v) is 21.6. The fourth-order valence-corrected chi connectivity index (χ4v) is 10.5. The van der Waals surface area contributed by atoms with Crippen molar-refractivity contribution in [3.63, 3.8) is 0 Å². The predicted molar refractivity (Wildman–Crippen MR) is 222 cm³/mol. The molecule has 4 aromatic rings. The molecule has 4 amide bonds. The molecule has 0 bridgehead atoms. The number of carbonyl (C=O) groups is 4. The van der Waals surface area contributed by atoms with Crippen molar-refractivity contribution in [3.05, 3.63) is 81.4 Å². The number of fused-ring (bicyclic) bond motifs is 2. The molecule has 13 nitrogen and oxygen atoms in total. The zero-order valence-electron chi connectivity index (χ0n) is 33.7. The second-order valence-electron chi connectivity index (χ2n) is 17.2. The van der Waals surface area contributed by atoms with E-state index in [2.05, 4.69) is 25.8 Å². The number of pyridine rings is 1. The Balaban J connectivity index is 0.808. The number of thiazole rings is 1. The van der Waals surface area contributed by atoms with E-state index < -0.39 is 41.4 Å². The number of nitrogens with zero attached hydrogens (tertiary/aromatic N) is 4. The van der Waals surface area contributed by atoms with Gasteiger partial charge < -0.3 is 25.7 Å². The molecule has 312 valence electrons. The summed E-state index contributed by atoms with van der Waals surface area (Å²) in [5.41, 5.74) is 2.46. The van der Waals surface area contributed by atoms with Crippen LogP contribution in [0.15, 0.2) is 42.5 Å². The molecule has 2 saturated heterocycles. The first kappa shape index (κ1) is 40.9. The van der Waals surface area contributed by atoms with E-state index in [1.165, 1.54) is 11.0 Å². The Kier molecular flexibility index (Phi) is 11.6. The fourth-order valence-electron chi connectivity index (χ4n) is 9.36. The highest BCUT2D eigenvalue weighted by Crippen LogP contribution is 2.43. The SMILES string of the molecule is Cc1cc(F)cc(C(=O)Nc2cc3sc([C@H]4CC[C@H](CN5CCC(CCNc6cccc7c6C(O)N(C6CCC(=O)NC6=O)C7=O)CC5)CC4)nc3cc2C(C)(C)O)n1. The molecule has 4 aliphatic rings. The molecular weight excluding hydrogens is 774 g/mol. The summed E-state index contributed by atoms with van der Waals surface area (Å²) in [5, 5.41) is 31.9. The lowest BCUT2D eigenvalue weighted by molar-refractivity contribution is -0.139. The van der Waals surface area contributed by atoms with Gasteiger partial charge in [0.1, 0.15) is 17.6 Å². The third kappa shape index (κ3) is 8.75. The summed E-state index contributed by atoms with van der Waals surface area (Å²) < 4.78 is 14.9. The first-order chi connectivity index (χ1) is 28.2. The number of aliphatic hydroxyl groups is 2. The van der Waals surface area contributed by atoms with E-state index >= 15 is 0 Å². The van der Waals surface area contributed by atoms with Gasteiger partial charge in [-0.15, -0.1) is 11.3 Å². The van der Waals surface area contributed by atoms with Gasteiger partial charge in [-0.25, -0.2) is 14.4 Å². The van der Waals surface area contributed by atoms with Crippen LogP contribution >= 0.6 is 11.3 Å². The Labute approximate surface area is 346 Å². The van der Waals surface area contributed by atoms with Crippen LogP contribution in [-0.2, 0) is 15.2 Å². The highest BCUT2D eigenvalue weighted by atomic mass is 32.1. The molecular formula is C44H52FN7O6S. The number of rotatable bonds is 11. The number of nitrogens with one attached hydrogen (secondary N) is 3. The second-order valence-corrected chi connectivity index (χ2v) is 18.3. The number of aromatic nitrogens is 2. The van der Waals surface area contributed by atoms with Crippen LogP contribution in [0.5, 0.6) is 0 Å². The average molecular weight is 826 g/mol. The molecule has 0 radical (unpaired) electrons. The molecule has 3 aliphatic heterocycles. The summed E-state index contributed by atoms with van der Waals surface area (Å²) in [4.78, 5) is 63.6. The van der Waals surface area contributed by atoms with Crippen molar-refractivity contribution in [1.29, 1.82) is 0 Å². The molecule has 1 aliphatic carbocycles. The number of benzene rings is 2. The van der Waals surface area contributed by atoms with Crippen LogP contribution in [-0.4, -0.2) is 85.8 Å². The van der Waals surface area contributed by atoms with Gasteiger partial charge in [-0.1, -0.05) is 6.07 Å². The number of likely N-dealkylation sites (tertiary alicyclic amines) is 1. The van der Waals surface area contributed by atoms with E-state index in [0.29, 0.717) is 58.1 Å². The van der Waals surface area contributed by atoms with Crippen molar-refractivity contribution in [1.82, 2.24) is 25.1 Å². The normalized spacial score (nSPS) is 23.1. The number of carbonyl (C=O) groups excluding carboxylic acids is 4. The van der Waals surface area contributed by atoms with Gasteiger partial charge in [0.2, 0.25) is 11.8 Å². The molecule has 0 spiro atoms. The summed E-state index contributed by atoms with van der Waals surface area (Å²) in [7, 11) is 0. The van der Waals surface area contributed by atoms with Crippen molar-refractivity contribution in [2.24, 2.45) is 11.8 Å². The van der Waals surface area contributed by atoms with Gasteiger partial charge in [-0.3, -0.25) is 29.4 Å². The van der Waals surface area contributed by atoms with Crippen LogP contribution in [0.3, 0.4) is 0 Å². The molecule has 8 rings (SSSR count). The van der Waals surface area contributed by atoms with Crippen molar-refractivity contribution in [2.45, 2.75) is 102 Å². The summed E-state index contributed by atoms with van der Waals surface area (Å²) in [5.74, 6) is -0.837. The van der Waals surface area contributed by atoms with E-state index in [1.54, 1.807) is 44.2 Å². The third-order valence-corrected chi connectivity index (χ3v) is 13.7. The van der Waals surface area contributed by atoms with Crippen molar-refractivity contribution in [2.75, 3.05) is 36.8 Å². The summed E-state index contributed by atoms with van der Waals surface area (Å²) in [6, 6.07) is 10.5. The predicted octanol–water partition coefficient (Wildman–Crippen LogP) is 6.36. The lowest BCUT2D eigenvalue weighted by atomic mass is 9.81. The van der Waals surface area contributed by atoms with E-state index in [4.69, 9.17) is 4.98 Å². The number of aryl methyl sites for hydroxylation is 1. The standard InChI is InChI=1S/C44H52FN7O6S/c1-24-19-28(45)20-34(47-24)39(54)48-32-22-36-33(21-30(32)44(2,3)58)49-41(59-36)27-9-7-26(8-10-27)23-51-17-14-25(15-18-51)13-16-46-31-6-4-5-29-38(31)43(57)52(42(29)56)35-11-12-37(53)50-40(35)55/h4-6,19-22,25-27,35,43,46,57-58H,7-18,23H2,1-3H3,(H,48,54)(H,50,53,55)/t26-,27-,35?,43?. The minimum Gasteiger partial charge on any atom is -0.386 e. The third-order valence-electron chi connectivity index (χ3n) is 12.5. The minimum absolute atomic E-state index is 0.0270. The second kappa shape index (κ2) is 16.7. The first-order valence-electron chi connectivity index (χ1n) is 20.8. The summed E-state index contributed by atoms with van der Waals surface area (Å²) >= 11 is 1.63. The molecule has 2 aromatic carbocycles.